The van der Waals surface area contributed by atoms with Crippen LogP contribution >= 0.6 is 34.4 Å². The summed E-state index contributed by atoms with van der Waals surface area (Å²) in [5.74, 6) is -0.120. The van der Waals surface area contributed by atoms with Crippen LogP contribution in [0.2, 0.25) is 0 Å². The number of ketones is 1. The van der Waals surface area contributed by atoms with Crippen molar-refractivity contribution < 1.29 is 9.59 Å². The number of rotatable bonds is 7. The van der Waals surface area contributed by atoms with Gasteiger partial charge in [-0.2, -0.15) is 5.26 Å². The Labute approximate surface area is 233 Å². The molecule has 1 unspecified atom stereocenters. The summed E-state index contributed by atoms with van der Waals surface area (Å²) in [5, 5.41) is 22.1. The van der Waals surface area contributed by atoms with Crippen molar-refractivity contribution in [3.05, 3.63) is 74.4 Å². The minimum atomic E-state index is -0.463. The molecule has 38 heavy (non-hydrogen) atoms. The zero-order chi connectivity index (χ0) is 26.8. The summed E-state index contributed by atoms with van der Waals surface area (Å²) in [6.45, 7) is 4.09. The second-order valence-corrected chi connectivity index (χ2v) is 12.5. The van der Waals surface area contributed by atoms with Crippen molar-refractivity contribution in [1.82, 2.24) is 10.2 Å². The normalized spacial score (nSPS) is 17.4. The van der Waals surface area contributed by atoms with Crippen molar-refractivity contribution in [1.29, 1.82) is 5.26 Å². The number of thioether (sulfide) groups is 1. The van der Waals surface area contributed by atoms with Crippen LogP contribution in [0.25, 0.3) is 0 Å². The molecule has 1 aliphatic carbocycles. The number of carbonyl (C=O) groups excluding carboxylic acids is 2. The van der Waals surface area contributed by atoms with E-state index < -0.39 is 5.92 Å². The predicted octanol–water partition coefficient (Wildman–Crippen LogP) is 5.51. The van der Waals surface area contributed by atoms with Crippen molar-refractivity contribution in [3.8, 4) is 6.07 Å². The summed E-state index contributed by atoms with van der Waals surface area (Å²) in [6, 6.07) is 14.0. The van der Waals surface area contributed by atoms with Gasteiger partial charge in [0.1, 0.15) is 5.82 Å². The summed E-state index contributed by atoms with van der Waals surface area (Å²) in [7, 11) is 0. The summed E-state index contributed by atoms with van der Waals surface area (Å²) < 4.78 is 0.600. The zero-order valence-electron chi connectivity index (χ0n) is 21.0. The van der Waals surface area contributed by atoms with Crippen LogP contribution < -0.4 is 16.0 Å². The number of nitrogens with two attached hydrogens (primary N) is 1. The molecule has 5 rings (SSSR count). The van der Waals surface area contributed by atoms with E-state index >= 15 is 0 Å². The lowest BCUT2D eigenvalue weighted by Gasteiger charge is -2.37. The molecule has 3 heterocycles. The molecule has 11 heteroatoms. The Morgan fingerprint density at radius 1 is 1.21 bits per heavy atom. The Bertz CT molecular complexity index is 1500. The van der Waals surface area contributed by atoms with Gasteiger partial charge in [-0.3, -0.25) is 14.5 Å². The number of amides is 1. The Morgan fingerprint density at radius 2 is 2.00 bits per heavy atom. The van der Waals surface area contributed by atoms with Crippen LogP contribution in [0.5, 0.6) is 0 Å². The van der Waals surface area contributed by atoms with Gasteiger partial charge in [-0.1, -0.05) is 42.2 Å². The zero-order valence-corrected chi connectivity index (χ0v) is 23.4. The number of nitrogens with zero attached hydrogens (tertiary/aromatic N) is 4. The van der Waals surface area contributed by atoms with Crippen molar-refractivity contribution in [2.45, 2.75) is 49.8 Å². The highest BCUT2D eigenvalue weighted by molar-refractivity contribution is 8.01. The average Bonchev–Trinajstić information content (AvgIpc) is 3.56. The molecule has 3 aromatic rings. The number of carbonyl (C=O) groups is 2. The van der Waals surface area contributed by atoms with E-state index in [1.54, 1.807) is 16.2 Å². The molecule has 2 aromatic heterocycles. The van der Waals surface area contributed by atoms with Crippen LogP contribution in [0.1, 0.15) is 47.4 Å². The largest absolute Gasteiger partial charge is 0.384 e. The fraction of sp³-hybridized carbons (Fsp3) is 0.296. The van der Waals surface area contributed by atoms with Crippen LogP contribution in [0.3, 0.4) is 0 Å². The van der Waals surface area contributed by atoms with Crippen molar-refractivity contribution in [2.75, 3.05) is 16.0 Å². The molecule has 0 saturated carbocycles. The van der Waals surface area contributed by atoms with Gasteiger partial charge in [-0.15, -0.1) is 21.5 Å². The van der Waals surface area contributed by atoms with Crippen LogP contribution in [-0.2, 0) is 16.0 Å². The Morgan fingerprint density at radius 3 is 2.68 bits per heavy atom. The first kappa shape index (κ1) is 26.2. The molecule has 1 aromatic carbocycles. The fourth-order valence-corrected chi connectivity index (χ4v) is 7.38. The third-order valence-electron chi connectivity index (χ3n) is 6.52. The van der Waals surface area contributed by atoms with Crippen LogP contribution in [0.15, 0.2) is 63.4 Å². The Balaban J connectivity index is 1.38. The topological polar surface area (TPSA) is 125 Å². The number of aryl methyl sites for hydroxylation is 2. The first-order chi connectivity index (χ1) is 18.4. The van der Waals surface area contributed by atoms with Gasteiger partial charge in [-0.05, 0) is 56.0 Å². The molecule has 1 aliphatic heterocycles. The number of thiophene rings is 1. The van der Waals surface area contributed by atoms with Crippen LogP contribution in [-0.4, -0.2) is 27.6 Å². The number of nitrogens with one attached hydrogen (secondary N) is 1. The van der Waals surface area contributed by atoms with E-state index in [1.807, 2.05) is 43.3 Å². The Kier molecular flexibility index (Phi) is 7.65. The van der Waals surface area contributed by atoms with Crippen molar-refractivity contribution >= 4 is 56.9 Å². The second-order valence-electron chi connectivity index (χ2n) is 9.00. The molecule has 1 amide bonds. The molecule has 3 N–H and O–H groups in total. The van der Waals surface area contributed by atoms with E-state index in [1.165, 1.54) is 28.7 Å². The maximum Gasteiger partial charge on any atom is 0.234 e. The number of hydrogen-bond donors (Lipinski definition) is 2. The number of allylic oxidation sites excluding steroid dienone is 3. The SMILES string of the molecule is CCc1ccc(NC(=O)CSc2nnc(N3C(N)=C(C#N)C(c4ccc(C)s4)C4=C3CCCC4=O)s2)cc1. The number of hydrogen-bond acceptors (Lipinski definition) is 10. The molecular weight excluding hydrogens is 537 g/mol. The van der Waals surface area contributed by atoms with Gasteiger partial charge in [-0.25, -0.2) is 0 Å². The maximum atomic E-state index is 13.2. The molecule has 0 radical (unpaired) electrons. The monoisotopic (exact) mass is 562 g/mol. The molecule has 1 atom stereocenters. The summed E-state index contributed by atoms with van der Waals surface area (Å²) in [4.78, 5) is 29.5. The van der Waals surface area contributed by atoms with Gasteiger partial charge < -0.3 is 11.1 Å². The molecular formula is C27H26N6O2S3. The standard InChI is InChI=1S/C27H26N6O2S3/c1-3-16-8-10-17(11-9-16)30-22(35)14-36-27-32-31-26(38-27)33-19-5-4-6-20(34)24(19)23(18(13-28)25(33)29)21-12-7-15(2)37-21/h7-12,23H,3-6,14,29H2,1-2H3,(H,30,35). The number of nitriles is 1. The lowest BCUT2D eigenvalue weighted by Crippen LogP contribution is -2.38. The van der Waals surface area contributed by atoms with Gasteiger partial charge in [0.15, 0.2) is 10.1 Å². The van der Waals surface area contributed by atoms with Gasteiger partial charge >= 0.3 is 0 Å². The number of benzene rings is 1. The predicted molar refractivity (Wildman–Crippen MR) is 152 cm³/mol. The second kappa shape index (κ2) is 11.1. The van der Waals surface area contributed by atoms with E-state index in [0.717, 1.165) is 27.6 Å². The van der Waals surface area contributed by atoms with Gasteiger partial charge in [0.05, 0.1) is 23.3 Å². The van der Waals surface area contributed by atoms with Gasteiger partial charge in [0, 0.05) is 33.1 Å². The fourth-order valence-electron chi connectivity index (χ4n) is 4.70. The maximum absolute atomic E-state index is 13.2. The smallest absolute Gasteiger partial charge is 0.234 e. The lowest BCUT2D eigenvalue weighted by atomic mass is 9.78. The van der Waals surface area contributed by atoms with E-state index in [4.69, 9.17) is 5.73 Å². The average molecular weight is 563 g/mol. The third-order valence-corrected chi connectivity index (χ3v) is 9.63. The molecule has 0 fully saturated rings. The first-order valence-corrected chi connectivity index (χ1v) is 14.9. The molecule has 0 spiro atoms. The Hall–Kier alpha value is -3.46. The minimum absolute atomic E-state index is 0.0373. The van der Waals surface area contributed by atoms with Gasteiger partial charge in [0.25, 0.3) is 0 Å². The highest BCUT2D eigenvalue weighted by Gasteiger charge is 2.41. The highest BCUT2D eigenvalue weighted by atomic mass is 32.2. The minimum Gasteiger partial charge on any atom is -0.384 e. The molecule has 2 aliphatic rings. The highest BCUT2D eigenvalue weighted by Crippen LogP contribution is 2.48. The summed E-state index contributed by atoms with van der Waals surface area (Å²) in [5.41, 5.74) is 10.3. The van der Waals surface area contributed by atoms with Gasteiger partial charge in [0.2, 0.25) is 11.0 Å². The number of Topliss-reactive ketones (excluding diaryl/α,β-unsaturated/α-hetero) is 1. The first-order valence-electron chi connectivity index (χ1n) is 12.3. The summed E-state index contributed by atoms with van der Waals surface area (Å²) in [6.07, 6.45) is 2.75. The lowest BCUT2D eigenvalue weighted by molar-refractivity contribution is -0.116. The quantitative estimate of drug-likeness (QED) is 0.361. The molecule has 8 nitrogen and oxygen atoms in total. The van der Waals surface area contributed by atoms with E-state index in [2.05, 4.69) is 28.5 Å². The molecule has 0 bridgehead atoms. The molecule has 194 valence electrons. The van der Waals surface area contributed by atoms with Crippen molar-refractivity contribution in [3.63, 3.8) is 0 Å². The number of aromatic nitrogens is 2. The van der Waals surface area contributed by atoms with Crippen molar-refractivity contribution in [2.24, 2.45) is 5.73 Å². The number of anilines is 2. The summed E-state index contributed by atoms with van der Waals surface area (Å²) >= 11 is 4.14. The van der Waals surface area contributed by atoms with E-state index in [0.29, 0.717) is 39.9 Å². The van der Waals surface area contributed by atoms with Crippen LogP contribution in [0, 0.1) is 18.3 Å². The van der Waals surface area contributed by atoms with E-state index in [9.17, 15) is 14.9 Å². The van der Waals surface area contributed by atoms with Crippen LogP contribution in [0.4, 0.5) is 10.8 Å². The van der Waals surface area contributed by atoms with E-state index in [-0.39, 0.29) is 23.3 Å². The third kappa shape index (κ3) is 5.12. The molecule has 0 saturated heterocycles.